The molecule has 1 aliphatic heterocycles. The van der Waals surface area contributed by atoms with Gasteiger partial charge in [0.15, 0.2) is 0 Å². The molecule has 168 valence electrons. The average Bonchev–Trinajstić information content (AvgIpc) is 2.73. The third-order valence-corrected chi connectivity index (χ3v) is 4.81. The minimum absolute atomic E-state index is 0.0295. The molecule has 4 bridgehead atoms. The number of aliphatic imine (C=N–C) groups is 4. The molecule has 0 radical (unpaired) electrons. The number of rotatable bonds is 0. The molecule has 8 nitrogen and oxygen atoms in total. The molecule has 2 aromatic carbocycles. The Labute approximate surface area is 187 Å². The van der Waals surface area contributed by atoms with Crippen molar-refractivity contribution in [1.29, 1.82) is 0 Å². The second-order valence-corrected chi connectivity index (χ2v) is 7.87. The van der Waals surface area contributed by atoms with E-state index in [-0.39, 0.29) is 37.7 Å². The van der Waals surface area contributed by atoms with Gasteiger partial charge >= 0.3 is 0 Å². The van der Waals surface area contributed by atoms with Gasteiger partial charge in [-0.25, -0.2) is 0 Å². The highest BCUT2D eigenvalue weighted by Crippen LogP contribution is 2.23. The number of aromatic hydroxyl groups is 2. The topological polar surface area (TPSA) is 130 Å². The fourth-order valence-electron chi connectivity index (χ4n) is 3.27. The number of benzene rings is 2. The van der Waals surface area contributed by atoms with E-state index >= 15 is 0 Å². The molecule has 0 saturated heterocycles. The van der Waals surface area contributed by atoms with Gasteiger partial charge in [-0.15, -0.1) is 0 Å². The van der Waals surface area contributed by atoms with Crippen molar-refractivity contribution in [2.75, 3.05) is 26.2 Å². The van der Waals surface area contributed by atoms with Crippen LogP contribution in [-0.4, -0.2) is 83.7 Å². The zero-order valence-electron chi connectivity index (χ0n) is 18.2. The van der Waals surface area contributed by atoms with Crippen LogP contribution in [0.3, 0.4) is 0 Å². The number of fused-ring (bicyclic) bond motifs is 4. The molecular formula is C24H28N4O4. The van der Waals surface area contributed by atoms with Gasteiger partial charge in [0.1, 0.15) is 11.5 Å². The third-order valence-electron chi connectivity index (χ3n) is 4.81. The minimum atomic E-state index is -0.810. The van der Waals surface area contributed by atoms with Crippen molar-refractivity contribution in [1.82, 2.24) is 0 Å². The lowest BCUT2D eigenvalue weighted by Gasteiger charge is -2.09. The van der Waals surface area contributed by atoms with E-state index in [2.05, 4.69) is 20.0 Å². The van der Waals surface area contributed by atoms with Gasteiger partial charge in [0, 0.05) is 47.1 Å². The first-order valence-corrected chi connectivity index (χ1v) is 10.4. The second kappa shape index (κ2) is 10.8. The molecule has 0 saturated carbocycles. The Balaban J connectivity index is 1.91. The minimum Gasteiger partial charge on any atom is -0.507 e. The molecule has 0 aromatic heterocycles. The third kappa shape index (κ3) is 6.32. The van der Waals surface area contributed by atoms with E-state index in [1.807, 2.05) is 13.8 Å². The maximum atomic E-state index is 10.5. The molecule has 0 aliphatic carbocycles. The van der Waals surface area contributed by atoms with Crippen LogP contribution in [-0.2, 0) is 0 Å². The van der Waals surface area contributed by atoms with Gasteiger partial charge in [-0.1, -0.05) is 0 Å². The molecular weight excluding hydrogens is 408 g/mol. The van der Waals surface area contributed by atoms with Crippen molar-refractivity contribution in [3.8, 4) is 11.5 Å². The Morgan fingerprint density at radius 2 is 0.812 bits per heavy atom. The zero-order valence-corrected chi connectivity index (χ0v) is 18.2. The van der Waals surface area contributed by atoms with Crippen molar-refractivity contribution >= 4 is 24.9 Å². The Hall–Kier alpha value is -3.36. The highest BCUT2D eigenvalue weighted by Gasteiger charge is 2.09. The number of phenols is 2. The molecule has 0 amide bonds. The van der Waals surface area contributed by atoms with Crippen molar-refractivity contribution in [2.24, 2.45) is 20.0 Å². The predicted molar refractivity (Wildman–Crippen MR) is 128 cm³/mol. The van der Waals surface area contributed by atoms with Crippen LogP contribution in [0.5, 0.6) is 11.5 Å². The summed E-state index contributed by atoms with van der Waals surface area (Å²) in [4.78, 5) is 16.9. The summed E-state index contributed by atoms with van der Waals surface area (Å²) in [7, 11) is 0. The van der Waals surface area contributed by atoms with E-state index < -0.39 is 12.2 Å². The van der Waals surface area contributed by atoms with E-state index in [0.29, 0.717) is 22.3 Å². The van der Waals surface area contributed by atoms with Gasteiger partial charge in [-0.2, -0.15) is 0 Å². The number of aryl methyl sites for hydroxylation is 2. The van der Waals surface area contributed by atoms with Crippen molar-refractivity contribution in [3.05, 3.63) is 57.6 Å². The van der Waals surface area contributed by atoms with Gasteiger partial charge in [-0.05, 0) is 49.2 Å². The molecule has 0 spiro atoms. The fourth-order valence-corrected chi connectivity index (χ4v) is 3.27. The van der Waals surface area contributed by atoms with Gasteiger partial charge < -0.3 is 20.4 Å². The quantitative estimate of drug-likeness (QED) is 0.502. The summed E-state index contributed by atoms with van der Waals surface area (Å²) in [5.41, 5.74) is 3.88. The summed E-state index contributed by atoms with van der Waals surface area (Å²) in [5, 5.41) is 41.4. The molecule has 3 rings (SSSR count). The van der Waals surface area contributed by atoms with Gasteiger partial charge in [-0.3, -0.25) is 20.0 Å². The second-order valence-electron chi connectivity index (χ2n) is 7.87. The first-order chi connectivity index (χ1) is 15.3. The molecule has 1 aliphatic rings. The largest absolute Gasteiger partial charge is 0.507 e. The van der Waals surface area contributed by atoms with E-state index in [9.17, 15) is 20.4 Å². The lowest BCUT2D eigenvalue weighted by molar-refractivity contribution is 0.192. The maximum absolute atomic E-state index is 10.5. The SMILES string of the molecule is Cc1cc2c(O)c(c1)C=NCC(O)CN=Cc1cc(C)cc(c1O)C=NCC(O)CN=C2. The average molecular weight is 437 g/mol. The van der Waals surface area contributed by atoms with Crippen molar-refractivity contribution in [3.63, 3.8) is 0 Å². The lowest BCUT2D eigenvalue weighted by Crippen LogP contribution is -2.15. The van der Waals surface area contributed by atoms with E-state index in [0.717, 1.165) is 11.1 Å². The van der Waals surface area contributed by atoms with Crippen LogP contribution in [0.25, 0.3) is 0 Å². The molecule has 0 unspecified atom stereocenters. The molecule has 32 heavy (non-hydrogen) atoms. The molecule has 2 aromatic rings. The molecule has 8 heteroatoms. The van der Waals surface area contributed by atoms with Crippen LogP contribution in [0.2, 0.25) is 0 Å². The number of nitrogens with zero attached hydrogens (tertiary/aromatic N) is 4. The number of aliphatic hydroxyl groups is 2. The number of hydrogen-bond donors (Lipinski definition) is 4. The van der Waals surface area contributed by atoms with Crippen LogP contribution in [0.15, 0.2) is 44.2 Å². The monoisotopic (exact) mass is 436 g/mol. The van der Waals surface area contributed by atoms with Gasteiger partial charge in [0.25, 0.3) is 0 Å². The standard InChI is InChI=1S/C24H28N4O4/c1-15-3-17-7-25-11-21(29)13-27-9-19-5-16(2)6-20(24(19)32)10-28-14-22(30)12-26-8-18(4-15)23(17)31/h3-10,21-22,29-32H,11-14H2,1-2H3. The van der Waals surface area contributed by atoms with Gasteiger partial charge in [0.2, 0.25) is 0 Å². The molecule has 4 N–H and O–H groups in total. The smallest absolute Gasteiger partial charge is 0.133 e. The molecule has 0 atom stereocenters. The van der Waals surface area contributed by atoms with E-state index in [1.54, 1.807) is 24.3 Å². The summed E-state index contributed by atoms with van der Waals surface area (Å²) in [5.74, 6) is 0.0590. The van der Waals surface area contributed by atoms with Crippen LogP contribution < -0.4 is 0 Å². The first kappa shape index (κ1) is 23.3. The first-order valence-electron chi connectivity index (χ1n) is 10.4. The Morgan fingerprint density at radius 3 is 1.06 bits per heavy atom. The Bertz CT molecular complexity index is 916. The van der Waals surface area contributed by atoms with Crippen molar-refractivity contribution < 1.29 is 20.4 Å². The lowest BCUT2D eigenvalue weighted by atomic mass is 10.1. The van der Waals surface area contributed by atoms with Crippen LogP contribution in [0.4, 0.5) is 0 Å². The predicted octanol–water partition coefficient (Wildman–Crippen LogP) is 1.83. The number of aliphatic hydroxyl groups excluding tert-OH is 2. The summed E-state index contributed by atoms with van der Waals surface area (Å²) < 4.78 is 0. The van der Waals surface area contributed by atoms with Crippen LogP contribution >= 0.6 is 0 Å². The summed E-state index contributed by atoms with van der Waals surface area (Å²) in [6, 6.07) is 7.14. The summed E-state index contributed by atoms with van der Waals surface area (Å²) >= 11 is 0. The van der Waals surface area contributed by atoms with Crippen LogP contribution in [0, 0.1) is 13.8 Å². The Kier molecular flexibility index (Phi) is 7.86. The summed E-state index contributed by atoms with van der Waals surface area (Å²) in [6.45, 7) is 4.23. The van der Waals surface area contributed by atoms with Gasteiger partial charge in [0.05, 0.1) is 38.4 Å². The molecule has 1 heterocycles. The van der Waals surface area contributed by atoms with E-state index in [1.165, 1.54) is 24.9 Å². The normalized spacial score (nSPS) is 19.8. The number of phenolic OH excluding ortho intramolecular Hbond substituents is 2. The van der Waals surface area contributed by atoms with Crippen molar-refractivity contribution in [2.45, 2.75) is 26.1 Å². The van der Waals surface area contributed by atoms with E-state index in [4.69, 9.17) is 0 Å². The highest BCUT2D eigenvalue weighted by molar-refractivity contribution is 5.93. The summed E-state index contributed by atoms with van der Waals surface area (Å²) in [6.07, 6.45) is 4.41. The maximum Gasteiger partial charge on any atom is 0.133 e. The zero-order chi connectivity index (χ0) is 23.1. The molecule has 0 fully saturated rings. The Morgan fingerprint density at radius 1 is 0.562 bits per heavy atom. The van der Waals surface area contributed by atoms with Crippen LogP contribution in [0.1, 0.15) is 33.4 Å². The fraction of sp³-hybridized carbons (Fsp3) is 0.333. The highest BCUT2D eigenvalue weighted by atomic mass is 16.3. The number of hydrogen-bond acceptors (Lipinski definition) is 8.